The lowest BCUT2D eigenvalue weighted by atomic mass is 9.89. The van der Waals surface area contributed by atoms with E-state index in [0.29, 0.717) is 51.0 Å². The molecule has 0 unspecified atom stereocenters. The molecule has 0 radical (unpaired) electrons. The van der Waals surface area contributed by atoms with Crippen LogP contribution in [0.15, 0.2) is 57.8 Å². The second-order valence-corrected chi connectivity index (χ2v) is 8.90. The lowest BCUT2D eigenvalue weighted by Crippen LogP contribution is -2.32. The van der Waals surface area contributed by atoms with E-state index in [1.807, 2.05) is 25.2 Å². The minimum Gasteiger partial charge on any atom is -0.496 e. The highest BCUT2D eigenvalue weighted by atomic mass is 35.5. The van der Waals surface area contributed by atoms with Gasteiger partial charge in [0.1, 0.15) is 28.2 Å². The van der Waals surface area contributed by atoms with Gasteiger partial charge in [0.15, 0.2) is 5.43 Å². The fourth-order valence-corrected chi connectivity index (χ4v) is 4.76. The number of halogens is 1. The standard InChI is InChI=1S/C23H24ClNO5.C4H4O4/c1-25-9-8-14(16(25)12-26)21-19(28-2)11-20(29-3)22-17(27)10-18(30-23(21)22)13-6-4-5-7-15(13)24;5-3(6)1-2-4(7)8/h4-7,10-11,14,16,26H,8-9,12H2,1-3H3;1-2H,(H,5,6)(H,7,8)/b;2-1-/t14-,16+;/m0./s1. The number of aliphatic carboxylic acids is 2. The minimum absolute atomic E-state index is 0.00766. The van der Waals surface area contributed by atoms with E-state index in [9.17, 15) is 19.5 Å². The Labute approximate surface area is 223 Å². The molecule has 0 saturated carbocycles. The van der Waals surface area contributed by atoms with Crippen LogP contribution in [0.25, 0.3) is 22.3 Å². The van der Waals surface area contributed by atoms with Crippen molar-refractivity contribution in [1.29, 1.82) is 0 Å². The summed E-state index contributed by atoms with van der Waals surface area (Å²) in [5, 5.41) is 26.5. The number of likely N-dealkylation sites (tertiary alicyclic amines) is 1. The lowest BCUT2D eigenvalue weighted by molar-refractivity contribution is -0.134. The summed E-state index contributed by atoms with van der Waals surface area (Å²) in [7, 11) is 5.06. The van der Waals surface area contributed by atoms with Gasteiger partial charge in [-0.2, -0.15) is 0 Å². The van der Waals surface area contributed by atoms with Gasteiger partial charge in [-0.25, -0.2) is 9.59 Å². The van der Waals surface area contributed by atoms with Crippen molar-refractivity contribution in [1.82, 2.24) is 4.90 Å². The van der Waals surface area contributed by atoms with Crippen LogP contribution in [0.1, 0.15) is 17.9 Å². The van der Waals surface area contributed by atoms with Gasteiger partial charge in [0.25, 0.3) is 0 Å². The molecule has 0 amide bonds. The van der Waals surface area contributed by atoms with Crippen molar-refractivity contribution >= 4 is 34.5 Å². The third-order valence-electron chi connectivity index (χ3n) is 6.30. The van der Waals surface area contributed by atoms with Gasteiger partial charge in [0.05, 0.1) is 25.8 Å². The van der Waals surface area contributed by atoms with Crippen LogP contribution in [-0.4, -0.2) is 72.6 Å². The molecule has 3 N–H and O–H groups in total. The summed E-state index contributed by atoms with van der Waals surface area (Å²) in [6.07, 6.45) is 1.92. The first-order chi connectivity index (χ1) is 18.1. The molecule has 1 aliphatic heterocycles. The summed E-state index contributed by atoms with van der Waals surface area (Å²) in [6, 6.07) is 10.3. The zero-order valence-corrected chi connectivity index (χ0v) is 21.8. The van der Waals surface area contributed by atoms with Crippen molar-refractivity contribution in [3.8, 4) is 22.8 Å². The SMILES string of the molecule is COc1cc(OC)c2c(=O)cc(-c3ccccc3Cl)oc2c1[C@H]1CCN(C)[C@@H]1CO.O=C(O)/C=C\C(=O)O. The first-order valence-corrected chi connectivity index (χ1v) is 11.9. The lowest BCUT2D eigenvalue weighted by Gasteiger charge is -2.25. The Morgan fingerprint density at radius 1 is 1.11 bits per heavy atom. The van der Waals surface area contributed by atoms with Gasteiger partial charge < -0.3 is 34.1 Å². The summed E-state index contributed by atoms with van der Waals surface area (Å²) in [4.78, 5) is 34.4. The molecule has 202 valence electrons. The topological polar surface area (TPSA) is 147 Å². The van der Waals surface area contributed by atoms with Crippen LogP contribution >= 0.6 is 11.6 Å². The van der Waals surface area contributed by atoms with Gasteiger partial charge in [0, 0.05) is 47.4 Å². The number of carbonyl (C=O) groups is 2. The first-order valence-electron chi connectivity index (χ1n) is 11.6. The van der Waals surface area contributed by atoms with Gasteiger partial charge in [-0.1, -0.05) is 23.7 Å². The van der Waals surface area contributed by atoms with Crippen molar-refractivity contribution in [3.05, 3.63) is 69.4 Å². The summed E-state index contributed by atoms with van der Waals surface area (Å²) in [6.45, 7) is 0.813. The zero-order valence-electron chi connectivity index (χ0n) is 21.0. The molecule has 10 nitrogen and oxygen atoms in total. The number of ether oxygens (including phenoxy) is 2. The predicted octanol–water partition coefficient (Wildman–Crippen LogP) is 3.62. The second-order valence-electron chi connectivity index (χ2n) is 8.49. The number of rotatable bonds is 7. The van der Waals surface area contributed by atoms with Crippen molar-refractivity contribution in [2.75, 3.05) is 34.4 Å². The third-order valence-corrected chi connectivity index (χ3v) is 6.62. The predicted molar refractivity (Wildman–Crippen MR) is 141 cm³/mol. The normalized spacial score (nSPS) is 17.3. The van der Waals surface area contributed by atoms with Gasteiger partial charge in [-0.3, -0.25) is 4.79 Å². The average molecular weight is 546 g/mol. The molecule has 2 atom stereocenters. The molecule has 38 heavy (non-hydrogen) atoms. The number of carboxylic acid groups (broad SMARTS) is 2. The molecule has 4 rings (SSSR count). The monoisotopic (exact) mass is 545 g/mol. The molecule has 2 heterocycles. The maximum atomic E-state index is 13.2. The Balaban J connectivity index is 0.000000436. The number of hydrogen-bond donors (Lipinski definition) is 3. The van der Waals surface area contributed by atoms with E-state index in [0.717, 1.165) is 18.5 Å². The largest absolute Gasteiger partial charge is 0.496 e. The van der Waals surface area contributed by atoms with Crippen molar-refractivity contribution < 1.29 is 38.8 Å². The summed E-state index contributed by atoms with van der Waals surface area (Å²) >= 11 is 6.36. The number of fused-ring (bicyclic) bond motifs is 1. The number of carboxylic acids is 2. The quantitative estimate of drug-likeness (QED) is 0.376. The Bertz CT molecular complexity index is 1400. The van der Waals surface area contributed by atoms with E-state index in [2.05, 4.69) is 4.90 Å². The van der Waals surface area contributed by atoms with Gasteiger partial charge in [-0.05, 0) is 32.1 Å². The highest BCUT2D eigenvalue weighted by Crippen LogP contribution is 2.45. The maximum absolute atomic E-state index is 13.2. The molecule has 0 spiro atoms. The molecule has 3 aromatic rings. The van der Waals surface area contributed by atoms with Crippen molar-refractivity contribution in [3.63, 3.8) is 0 Å². The molecular weight excluding hydrogens is 518 g/mol. The number of methoxy groups -OCH3 is 2. The van der Waals surface area contributed by atoms with Crippen molar-refractivity contribution in [2.24, 2.45) is 0 Å². The minimum atomic E-state index is -1.26. The summed E-state index contributed by atoms with van der Waals surface area (Å²) in [5.74, 6) is -1.25. The Morgan fingerprint density at radius 3 is 2.29 bits per heavy atom. The number of likely N-dealkylation sites (N-methyl/N-ethyl adjacent to an activating group) is 1. The van der Waals surface area contributed by atoms with Crippen LogP contribution < -0.4 is 14.9 Å². The van der Waals surface area contributed by atoms with Crippen LogP contribution in [0, 0.1) is 0 Å². The molecular formula is C27H28ClNO9. The Kier molecular flexibility index (Phi) is 9.51. The fraction of sp³-hybridized carbons (Fsp3) is 0.296. The summed E-state index contributed by atoms with van der Waals surface area (Å²) < 4.78 is 17.5. The Hall–Kier alpha value is -3.86. The highest BCUT2D eigenvalue weighted by molar-refractivity contribution is 6.33. The molecule has 1 aliphatic rings. The molecule has 1 fully saturated rings. The van der Waals surface area contributed by atoms with E-state index in [4.69, 9.17) is 35.7 Å². The van der Waals surface area contributed by atoms with Gasteiger partial charge in [-0.15, -0.1) is 0 Å². The number of hydrogen-bond acceptors (Lipinski definition) is 8. The van der Waals surface area contributed by atoms with Crippen LogP contribution in [0.3, 0.4) is 0 Å². The van der Waals surface area contributed by atoms with E-state index in [-0.39, 0.29) is 24.0 Å². The van der Waals surface area contributed by atoms with Crippen molar-refractivity contribution in [2.45, 2.75) is 18.4 Å². The van der Waals surface area contributed by atoms with Crippen LogP contribution in [0.5, 0.6) is 11.5 Å². The number of nitrogens with zero attached hydrogens (tertiary/aromatic N) is 1. The Morgan fingerprint density at radius 2 is 1.74 bits per heavy atom. The first kappa shape index (κ1) is 28.7. The van der Waals surface area contributed by atoms with Crippen LogP contribution in [0.4, 0.5) is 0 Å². The smallest absolute Gasteiger partial charge is 0.328 e. The molecule has 0 bridgehead atoms. The average Bonchev–Trinajstić information content (AvgIpc) is 3.26. The molecule has 2 aromatic carbocycles. The summed E-state index contributed by atoms with van der Waals surface area (Å²) in [5.41, 5.74) is 1.59. The molecule has 0 aliphatic carbocycles. The number of aliphatic hydroxyl groups is 1. The van der Waals surface area contributed by atoms with E-state index < -0.39 is 11.9 Å². The molecule has 11 heteroatoms. The zero-order chi connectivity index (χ0) is 28.0. The van der Waals surface area contributed by atoms with Gasteiger partial charge >= 0.3 is 11.9 Å². The highest BCUT2D eigenvalue weighted by Gasteiger charge is 2.37. The van der Waals surface area contributed by atoms with E-state index in [1.54, 1.807) is 19.2 Å². The van der Waals surface area contributed by atoms with Crippen LogP contribution in [0.2, 0.25) is 5.02 Å². The van der Waals surface area contributed by atoms with E-state index in [1.165, 1.54) is 13.2 Å². The number of aliphatic hydroxyl groups excluding tert-OH is 1. The van der Waals surface area contributed by atoms with E-state index >= 15 is 0 Å². The van der Waals surface area contributed by atoms with Crippen LogP contribution in [-0.2, 0) is 9.59 Å². The molecule has 1 saturated heterocycles. The van der Waals surface area contributed by atoms with Gasteiger partial charge in [0.2, 0.25) is 0 Å². The second kappa shape index (κ2) is 12.6. The fourth-order valence-electron chi connectivity index (χ4n) is 4.53. The number of benzene rings is 2. The third kappa shape index (κ3) is 6.16. The maximum Gasteiger partial charge on any atom is 0.328 e. The molecule has 1 aromatic heterocycles.